The summed E-state index contributed by atoms with van der Waals surface area (Å²) in [6.07, 6.45) is 0. The first kappa shape index (κ1) is 25.9. The van der Waals surface area contributed by atoms with E-state index in [4.69, 9.17) is 9.26 Å². The van der Waals surface area contributed by atoms with Crippen molar-refractivity contribution in [3.63, 3.8) is 0 Å². The number of benzene rings is 2. The number of esters is 1. The van der Waals surface area contributed by atoms with Gasteiger partial charge < -0.3 is 9.26 Å². The lowest BCUT2D eigenvalue weighted by Crippen LogP contribution is -2.33. The van der Waals surface area contributed by atoms with Gasteiger partial charge in [0.25, 0.3) is 11.6 Å². The maximum atomic E-state index is 12.8. The molecule has 11 nitrogen and oxygen atoms in total. The Labute approximate surface area is 212 Å². The molecule has 0 bridgehead atoms. The molecule has 0 spiro atoms. The molecule has 2 atom stereocenters. The first-order valence-corrected chi connectivity index (χ1v) is 13.1. The maximum Gasteiger partial charge on any atom is 0.315 e. The predicted octanol–water partition coefficient (Wildman–Crippen LogP) is 3.87. The average molecular weight is 525 g/mol. The summed E-state index contributed by atoms with van der Waals surface area (Å²) in [7, 11) is -2.37. The summed E-state index contributed by atoms with van der Waals surface area (Å²) in [6.45, 7) is 3.36. The predicted molar refractivity (Wildman–Crippen MR) is 134 cm³/mol. The van der Waals surface area contributed by atoms with Crippen molar-refractivity contribution < 1.29 is 27.4 Å². The van der Waals surface area contributed by atoms with Crippen LogP contribution in [0.4, 0.5) is 5.69 Å². The lowest BCUT2D eigenvalue weighted by atomic mass is 9.75. The van der Waals surface area contributed by atoms with Crippen molar-refractivity contribution in [2.24, 2.45) is 10.9 Å². The van der Waals surface area contributed by atoms with Crippen LogP contribution in [0.1, 0.15) is 42.6 Å². The molecular formula is C25H24N4O7S. The van der Waals surface area contributed by atoms with Gasteiger partial charge in [-0.2, -0.15) is 4.98 Å². The lowest BCUT2D eigenvalue weighted by Gasteiger charge is -2.30. The first-order chi connectivity index (χ1) is 17.6. The largest absolute Gasteiger partial charge is 0.468 e. The molecule has 1 aromatic heterocycles. The van der Waals surface area contributed by atoms with E-state index in [9.17, 15) is 23.3 Å². The molecule has 0 saturated carbocycles. The van der Waals surface area contributed by atoms with E-state index in [2.05, 4.69) is 15.1 Å². The average Bonchev–Trinajstić information content (AvgIpc) is 3.30. The van der Waals surface area contributed by atoms with Crippen LogP contribution < -0.4 is 0 Å². The van der Waals surface area contributed by atoms with Gasteiger partial charge in [0.1, 0.15) is 11.7 Å². The zero-order valence-electron chi connectivity index (χ0n) is 20.3. The fraction of sp³-hybridized carbons (Fsp3) is 0.280. The third-order valence-corrected chi connectivity index (χ3v) is 7.47. The van der Waals surface area contributed by atoms with Gasteiger partial charge in [0.05, 0.1) is 17.8 Å². The second-order valence-corrected chi connectivity index (χ2v) is 10.7. The van der Waals surface area contributed by atoms with Crippen molar-refractivity contribution in [1.29, 1.82) is 0 Å². The van der Waals surface area contributed by atoms with Crippen LogP contribution in [0.5, 0.6) is 0 Å². The minimum absolute atomic E-state index is 0.0240. The molecule has 12 heteroatoms. The van der Waals surface area contributed by atoms with Gasteiger partial charge in [-0.05, 0) is 25.0 Å². The van der Waals surface area contributed by atoms with Crippen LogP contribution in [0.25, 0.3) is 5.57 Å². The van der Waals surface area contributed by atoms with Gasteiger partial charge in [-0.1, -0.05) is 47.6 Å². The Kier molecular flexibility index (Phi) is 7.30. The highest BCUT2D eigenvalue weighted by molar-refractivity contribution is 7.89. The van der Waals surface area contributed by atoms with Crippen molar-refractivity contribution in [3.05, 3.63) is 93.3 Å². The van der Waals surface area contributed by atoms with E-state index in [0.717, 1.165) is 0 Å². The van der Waals surface area contributed by atoms with E-state index in [1.165, 1.54) is 25.3 Å². The van der Waals surface area contributed by atoms with Gasteiger partial charge in [0.2, 0.25) is 0 Å². The summed E-state index contributed by atoms with van der Waals surface area (Å²) >= 11 is 0. The summed E-state index contributed by atoms with van der Waals surface area (Å²) in [5.74, 6) is -3.02. The Morgan fingerprint density at radius 1 is 1.11 bits per heavy atom. The number of methoxy groups -OCH3 is 1. The van der Waals surface area contributed by atoms with E-state index in [1.807, 2.05) is 0 Å². The fourth-order valence-electron chi connectivity index (χ4n) is 4.44. The number of carbonyl (C=O) groups excluding carboxylic acids is 1. The van der Waals surface area contributed by atoms with Crippen molar-refractivity contribution in [3.8, 4) is 0 Å². The van der Waals surface area contributed by atoms with Crippen LogP contribution in [0.15, 0.2) is 69.8 Å². The first-order valence-electron chi connectivity index (χ1n) is 11.2. The molecule has 37 heavy (non-hydrogen) atoms. The summed E-state index contributed by atoms with van der Waals surface area (Å²) in [4.78, 5) is 32.5. The Morgan fingerprint density at radius 2 is 1.84 bits per heavy atom. The van der Waals surface area contributed by atoms with Gasteiger partial charge in [0, 0.05) is 35.0 Å². The second kappa shape index (κ2) is 10.4. The molecule has 0 saturated heterocycles. The van der Waals surface area contributed by atoms with E-state index in [1.54, 1.807) is 50.2 Å². The highest BCUT2D eigenvalue weighted by Gasteiger charge is 2.42. The molecule has 0 radical (unpaired) electrons. The summed E-state index contributed by atoms with van der Waals surface area (Å²) in [6, 6.07) is 14.6. The normalized spacial score (nSPS) is 17.9. The Balaban J connectivity index is 1.74. The number of hydrogen-bond donors (Lipinski definition) is 0. The molecule has 2 heterocycles. The molecule has 1 aliphatic rings. The monoisotopic (exact) mass is 524 g/mol. The third-order valence-electron chi connectivity index (χ3n) is 6.00. The highest BCUT2D eigenvalue weighted by atomic mass is 32.2. The van der Waals surface area contributed by atoms with Crippen molar-refractivity contribution in [1.82, 2.24) is 10.1 Å². The molecular weight excluding hydrogens is 500 g/mol. The van der Waals surface area contributed by atoms with E-state index < -0.39 is 38.3 Å². The second-order valence-electron chi connectivity index (χ2n) is 8.62. The quantitative estimate of drug-likeness (QED) is 0.242. The van der Waals surface area contributed by atoms with Crippen molar-refractivity contribution >= 4 is 32.8 Å². The highest BCUT2D eigenvalue weighted by Crippen LogP contribution is 2.44. The van der Waals surface area contributed by atoms with E-state index in [-0.39, 0.29) is 23.2 Å². The minimum atomic E-state index is -3.61. The van der Waals surface area contributed by atoms with Crippen LogP contribution in [0.2, 0.25) is 0 Å². The topological polar surface area (TPSA) is 155 Å². The Morgan fingerprint density at radius 3 is 2.51 bits per heavy atom. The fourth-order valence-corrected chi connectivity index (χ4v) is 5.75. The molecule has 0 aliphatic carbocycles. The van der Waals surface area contributed by atoms with Crippen LogP contribution in [-0.2, 0) is 30.9 Å². The third kappa shape index (κ3) is 5.64. The number of aromatic nitrogens is 2. The van der Waals surface area contributed by atoms with E-state index >= 15 is 0 Å². The van der Waals surface area contributed by atoms with Gasteiger partial charge in [-0.15, -0.1) is 0 Å². The van der Waals surface area contributed by atoms with Gasteiger partial charge in [0.15, 0.2) is 15.7 Å². The van der Waals surface area contributed by atoms with Crippen molar-refractivity contribution in [2.45, 2.75) is 31.3 Å². The van der Waals surface area contributed by atoms with Crippen LogP contribution in [0, 0.1) is 16.0 Å². The number of rotatable bonds is 8. The molecule has 0 amide bonds. The van der Waals surface area contributed by atoms with Gasteiger partial charge in [-0.25, -0.2) is 8.42 Å². The summed E-state index contributed by atoms with van der Waals surface area (Å²) < 4.78 is 36.0. The van der Waals surface area contributed by atoms with Gasteiger partial charge >= 0.3 is 5.97 Å². The Hall–Kier alpha value is -4.19. The van der Waals surface area contributed by atoms with E-state index in [0.29, 0.717) is 28.1 Å². The zero-order chi connectivity index (χ0) is 26.7. The number of non-ortho nitro benzene ring substituents is 1. The number of nitro benzene ring substituents is 1. The molecule has 2 unspecified atom stereocenters. The van der Waals surface area contributed by atoms with Crippen LogP contribution in [-0.4, -0.2) is 42.3 Å². The lowest BCUT2D eigenvalue weighted by molar-refractivity contribution is -0.384. The summed E-state index contributed by atoms with van der Waals surface area (Å²) in [5.41, 5.74) is 2.20. The summed E-state index contributed by atoms with van der Waals surface area (Å²) in [5, 5.41) is 15.3. The van der Waals surface area contributed by atoms with Crippen LogP contribution >= 0.6 is 0 Å². The minimum Gasteiger partial charge on any atom is -0.468 e. The number of nitro groups is 1. The number of ether oxygens (including phenoxy) is 1. The smallest absolute Gasteiger partial charge is 0.315 e. The molecule has 4 rings (SSSR count). The number of carbonyl (C=O) groups is 1. The Bertz CT molecular complexity index is 1510. The molecule has 2 aromatic carbocycles. The number of nitrogens with zero attached hydrogens (tertiary/aromatic N) is 4. The van der Waals surface area contributed by atoms with Crippen molar-refractivity contribution in [2.75, 3.05) is 7.11 Å². The molecule has 3 aromatic rings. The van der Waals surface area contributed by atoms with Gasteiger partial charge in [-0.3, -0.25) is 19.9 Å². The molecule has 0 N–H and O–H groups in total. The number of hydrogen-bond acceptors (Lipinski definition) is 10. The SMILES string of the molecule is COC(=O)C1C(C)=NC(C)=C(c2nc(CS(=O)(=O)Cc3ccccc3)no2)C1c1cccc([N+](=O)[O-])c1. The standard InChI is InChI=1S/C25H24N4O7S/c1-15-21(24-27-20(28-36-24)14-37(33,34)13-17-8-5-4-6-9-17)23(22(16(2)26-15)25(30)35-3)18-10-7-11-19(12-18)29(31)32/h4-12,22-23H,13-14H2,1-3H3. The van der Waals surface area contributed by atoms with Crippen LogP contribution in [0.3, 0.4) is 0 Å². The molecule has 192 valence electrons. The number of sulfone groups is 1. The number of allylic oxidation sites excluding steroid dienone is 2. The molecule has 0 fully saturated rings. The number of aliphatic imine (C=N–C) groups is 1. The maximum absolute atomic E-state index is 12.8. The zero-order valence-corrected chi connectivity index (χ0v) is 21.1. The molecule has 1 aliphatic heterocycles.